The second-order valence-corrected chi connectivity index (χ2v) is 6.60. The number of nitrogens with one attached hydrogen (secondary N) is 2. The Labute approximate surface area is 168 Å². The van der Waals surface area contributed by atoms with Gasteiger partial charge in [0.2, 0.25) is 5.95 Å². The Hall–Kier alpha value is -2.92. The molecule has 1 aliphatic rings. The van der Waals surface area contributed by atoms with E-state index in [1.165, 1.54) is 18.7 Å². The molecule has 3 aromatic heterocycles. The Morgan fingerprint density at radius 2 is 2.52 bits per heavy atom. The summed E-state index contributed by atoms with van der Waals surface area (Å²) in [6, 6.07) is 0. The molecule has 3 aromatic rings. The molecule has 4 rings (SSSR count). The minimum Gasteiger partial charge on any atom is -0.390 e. The van der Waals surface area contributed by atoms with E-state index in [2.05, 4.69) is 30.2 Å². The lowest BCUT2D eigenvalue weighted by Gasteiger charge is -2.17. The first-order chi connectivity index (χ1) is 14.6. The summed E-state index contributed by atoms with van der Waals surface area (Å²) in [6.07, 6.45) is 5.36. The predicted octanol–water partition coefficient (Wildman–Crippen LogP) is 0.239. The van der Waals surface area contributed by atoms with Gasteiger partial charge in [0.05, 0.1) is 32.2 Å². The number of H-pyrrole nitrogens is 1. The zero-order chi connectivity index (χ0) is 21.1. The maximum Gasteiger partial charge on any atom is 0.250 e. The number of aliphatic hydroxyl groups is 1. The summed E-state index contributed by atoms with van der Waals surface area (Å²) in [5.41, 5.74) is 7.24. The predicted molar refractivity (Wildman–Crippen MR) is 106 cm³/mol. The topological polar surface area (TPSA) is 166 Å². The van der Waals surface area contributed by atoms with Crippen LogP contribution in [0.3, 0.4) is 0 Å². The number of rotatable bonds is 7. The van der Waals surface area contributed by atoms with Crippen molar-refractivity contribution in [3.05, 3.63) is 30.6 Å². The third-order valence-corrected chi connectivity index (χ3v) is 4.58. The number of hydrogen-bond donors (Lipinski definition) is 4. The number of imidazole rings is 2. The van der Waals surface area contributed by atoms with E-state index in [0.717, 1.165) is 0 Å². The number of hydrogen-bond acceptors (Lipinski definition) is 9. The number of amides is 1. The van der Waals surface area contributed by atoms with E-state index >= 15 is 0 Å². The van der Waals surface area contributed by atoms with Crippen molar-refractivity contribution >= 4 is 44.3 Å². The highest BCUT2D eigenvalue weighted by Crippen LogP contribution is 2.35. The molecule has 1 amide bonds. The van der Waals surface area contributed by atoms with Crippen LogP contribution >= 0.6 is 9.41 Å². The van der Waals surface area contributed by atoms with Gasteiger partial charge in [0, 0.05) is 21.9 Å². The van der Waals surface area contributed by atoms with Crippen LogP contribution in [0.5, 0.6) is 0 Å². The Bertz CT molecular complexity index is 1060. The van der Waals surface area contributed by atoms with Gasteiger partial charge in [0.15, 0.2) is 17.0 Å². The Morgan fingerprint density at radius 1 is 1.62 bits per heavy atom. The number of aromatic amines is 1. The molecule has 0 aliphatic carbocycles. The average molecular weight is 420 g/mol. The number of ether oxygens (including phenoxy) is 1. The summed E-state index contributed by atoms with van der Waals surface area (Å²) in [4.78, 5) is 31.7. The first kappa shape index (κ1) is 18.1. The zero-order valence-electron chi connectivity index (χ0n) is 16.0. The molecule has 1 aliphatic heterocycles. The highest BCUT2D eigenvalue weighted by molar-refractivity contribution is 7.09. The first-order valence-corrected chi connectivity index (χ1v) is 9.05. The monoisotopic (exact) mass is 420 g/mol. The highest BCUT2D eigenvalue weighted by atomic mass is 31.0. The number of carbonyl (C=O) groups excluding carboxylic acids is 1. The molecular formula is C16H19N8O4P. The lowest BCUT2D eigenvalue weighted by atomic mass is 10.2. The molecule has 1 fully saturated rings. The third-order valence-electron chi connectivity index (χ3n) is 4.41. The van der Waals surface area contributed by atoms with Crippen LogP contribution in [0.25, 0.3) is 17.2 Å². The summed E-state index contributed by atoms with van der Waals surface area (Å²) in [7, 11) is -0.463. The summed E-state index contributed by atoms with van der Waals surface area (Å²) < 4.78 is 19.6. The SMILES string of the molecule is [3H]POCC1OC(n2c(NC(=O)C=Cc3cnc[nH]3)nc3c(N)ncnc32)CC1O. The van der Waals surface area contributed by atoms with Crippen LogP contribution in [0.1, 0.15) is 18.3 Å². The molecule has 0 saturated carbocycles. The number of nitrogens with zero attached hydrogens (tertiary/aromatic N) is 5. The van der Waals surface area contributed by atoms with Gasteiger partial charge in [-0.2, -0.15) is 0 Å². The van der Waals surface area contributed by atoms with Crippen molar-refractivity contribution in [3.8, 4) is 0 Å². The molecule has 0 spiro atoms. The number of aliphatic hydroxyl groups excluding tert-OH is 1. The van der Waals surface area contributed by atoms with Crippen LogP contribution in [-0.4, -0.2) is 60.6 Å². The van der Waals surface area contributed by atoms with Gasteiger partial charge < -0.3 is 25.1 Å². The number of nitrogen functional groups attached to an aromatic ring is 1. The molecule has 0 radical (unpaired) electrons. The molecule has 0 bridgehead atoms. The number of carbonyl (C=O) groups is 1. The molecule has 12 nitrogen and oxygen atoms in total. The Kier molecular flexibility index (Phi) is 5.13. The van der Waals surface area contributed by atoms with Gasteiger partial charge in [-0.1, -0.05) is 0 Å². The molecule has 4 unspecified atom stereocenters. The maximum atomic E-state index is 12.4. The Morgan fingerprint density at radius 3 is 3.31 bits per heavy atom. The van der Waals surface area contributed by atoms with Gasteiger partial charge in [-0.3, -0.25) is 14.7 Å². The van der Waals surface area contributed by atoms with Crippen molar-refractivity contribution in [1.82, 2.24) is 29.5 Å². The standard InChI is InChI=1S/C16H19N8O4P/c17-14-13-15(21-7-20-14)24(12-3-9(25)10(28-12)5-27-29)16(23-13)22-11(26)2-1-8-4-18-6-19-8/h1-2,4,6-7,9-10,12,25H,3,5,29H2,(H,18,19)(H2,17,20,21)(H,22,23,26)/i29T. The minimum absolute atomic E-state index is 0.0813. The van der Waals surface area contributed by atoms with Gasteiger partial charge in [-0.15, -0.1) is 0 Å². The van der Waals surface area contributed by atoms with E-state index < -0.39 is 33.8 Å². The number of nitrogens with two attached hydrogens (primary N) is 1. The zero-order valence-corrected chi connectivity index (χ0v) is 16.0. The van der Waals surface area contributed by atoms with E-state index in [0.29, 0.717) is 16.9 Å². The summed E-state index contributed by atoms with van der Waals surface area (Å²) in [6.45, 7) is 0.0813. The number of anilines is 2. The third kappa shape index (κ3) is 3.96. The van der Waals surface area contributed by atoms with Gasteiger partial charge >= 0.3 is 0 Å². The number of fused-ring (bicyclic) bond motifs is 1. The van der Waals surface area contributed by atoms with Crippen molar-refractivity contribution in [1.29, 1.82) is 1.28 Å². The normalized spacial score (nSPS) is 22.8. The second kappa shape index (κ2) is 8.21. The lowest BCUT2D eigenvalue weighted by Crippen LogP contribution is -2.24. The fourth-order valence-corrected chi connectivity index (χ4v) is 3.23. The Balaban J connectivity index is 1.63. The van der Waals surface area contributed by atoms with Crippen LogP contribution in [0, 0.1) is 0 Å². The van der Waals surface area contributed by atoms with Crippen molar-refractivity contribution in [3.63, 3.8) is 0 Å². The maximum absolute atomic E-state index is 12.4. The van der Waals surface area contributed by atoms with Crippen LogP contribution in [0.15, 0.2) is 24.9 Å². The van der Waals surface area contributed by atoms with Crippen molar-refractivity contribution in [2.24, 2.45) is 0 Å². The smallest absolute Gasteiger partial charge is 0.250 e. The molecule has 1 saturated heterocycles. The summed E-state index contributed by atoms with van der Waals surface area (Å²) >= 11 is 0. The quantitative estimate of drug-likeness (QED) is 0.309. The van der Waals surface area contributed by atoms with Gasteiger partial charge in [0.25, 0.3) is 5.91 Å². The molecule has 13 heteroatoms. The molecule has 0 aromatic carbocycles. The summed E-state index contributed by atoms with van der Waals surface area (Å²) in [5, 5.41) is 13.0. The van der Waals surface area contributed by atoms with Crippen LogP contribution in [0.4, 0.5) is 11.8 Å². The van der Waals surface area contributed by atoms with Crippen LogP contribution in [-0.2, 0) is 14.1 Å². The van der Waals surface area contributed by atoms with E-state index in [1.54, 1.807) is 16.8 Å². The average Bonchev–Trinajstić information content (AvgIpc) is 3.44. The summed E-state index contributed by atoms with van der Waals surface area (Å²) in [5.74, 6) is -0.143. The fraction of sp³-hybridized carbons (Fsp3) is 0.312. The first-order valence-electron chi connectivity index (χ1n) is 9.14. The molecule has 29 heavy (non-hydrogen) atoms. The lowest BCUT2D eigenvalue weighted by molar-refractivity contribution is -0.111. The van der Waals surface area contributed by atoms with E-state index in [-0.39, 0.29) is 24.8 Å². The van der Waals surface area contributed by atoms with Crippen LogP contribution in [0.2, 0.25) is 0 Å². The molecule has 5 N–H and O–H groups in total. The highest BCUT2D eigenvalue weighted by Gasteiger charge is 2.37. The van der Waals surface area contributed by atoms with Crippen LogP contribution < -0.4 is 11.1 Å². The van der Waals surface area contributed by atoms with E-state index in [9.17, 15) is 9.90 Å². The van der Waals surface area contributed by atoms with Crippen molar-refractivity contribution < 1.29 is 19.2 Å². The molecule has 4 atom stereocenters. The van der Waals surface area contributed by atoms with Crippen molar-refractivity contribution in [2.75, 3.05) is 17.7 Å². The molecule has 4 heterocycles. The van der Waals surface area contributed by atoms with Gasteiger partial charge in [-0.25, -0.2) is 19.9 Å². The van der Waals surface area contributed by atoms with Crippen molar-refractivity contribution in [2.45, 2.75) is 24.9 Å². The fourth-order valence-electron chi connectivity index (χ4n) is 3.07. The number of aromatic nitrogens is 6. The molecule has 152 valence electrons. The molecular weight excluding hydrogens is 399 g/mol. The minimum atomic E-state index is -0.813. The second-order valence-electron chi connectivity index (χ2n) is 6.31. The largest absolute Gasteiger partial charge is 0.390 e. The van der Waals surface area contributed by atoms with Gasteiger partial charge in [0.1, 0.15) is 18.7 Å². The van der Waals surface area contributed by atoms with E-state index in [1.807, 2.05) is 0 Å². The van der Waals surface area contributed by atoms with Gasteiger partial charge in [-0.05, 0) is 6.08 Å². The van der Waals surface area contributed by atoms with E-state index in [4.69, 9.17) is 16.3 Å².